The van der Waals surface area contributed by atoms with Crippen LogP contribution in [-0.4, -0.2) is 124 Å². The van der Waals surface area contributed by atoms with E-state index in [9.17, 15) is 24.9 Å². The third kappa shape index (κ3) is 9.16. The highest BCUT2D eigenvalue weighted by atomic mass is 16.8. The Morgan fingerprint density at radius 2 is 1.59 bits per heavy atom. The highest BCUT2D eigenvalue weighted by Crippen LogP contribution is 2.55. The van der Waals surface area contributed by atoms with Gasteiger partial charge in [0.05, 0.1) is 65.9 Å². The first-order valence-corrected chi connectivity index (χ1v) is 24.0. The van der Waals surface area contributed by atoms with Gasteiger partial charge in [-0.25, -0.2) is 19.3 Å². The largest absolute Gasteiger partial charge is 0.436 e. The minimum Gasteiger partial charge on any atom is -0.436 e. The van der Waals surface area contributed by atoms with Gasteiger partial charge in [0.1, 0.15) is 12.7 Å². The molecule has 0 bridgehead atoms. The zero-order valence-corrected chi connectivity index (χ0v) is 39.3. The molecule has 2 spiro atoms. The first-order valence-electron chi connectivity index (χ1n) is 24.0. The zero-order valence-electron chi connectivity index (χ0n) is 39.3. The third-order valence-corrected chi connectivity index (χ3v) is 16.1. The van der Waals surface area contributed by atoms with Crippen molar-refractivity contribution in [2.45, 2.75) is 204 Å². The number of carbonyl (C=O) groups excluding carboxylic acids is 2. The average Bonchev–Trinajstić information content (AvgIpc) is 4.09. The van der Waals surface area contributed by atoms with Crippen molar-refractivity contribution in [2.24, 2.45) is 41.2 Å². The lowest BCUT2D eigenvalue weighted by molar-refractivity contribution is -0.410. The number of rotatable bonds is 13. The summed E-state index contributed by atoms with van der Waals surface area (Å²) in [7, 11) is 0. The van der Waals surface area contributed by atoms with Gasteiger partial charge in [-0.3, -0.25) is 9.36 Å². The van der Waals surface area contributed by atoms with E-state index in [4.69, 9.17) is 34.2 Å². The van der Waals surface area contributed by atoms with Gasteiger partial charge in [-0.15, -0.1) is 0 Å². The number of nitrogens with two attached hydrogens (primary N) is 1. The lowest BCUT2D eigenvalue weighted by Gasteiger charge is -2.55. The van der Waals surface area contributed by atoms with Gasteiger partial charge in [-0.1, -0.05) is 48.5 Å². The summed E-state index contributed by atoms with van der Waals surface area (Å²) in [5.74, 6) is -4.52. The molecule has 0 radical (unpaired) electrons. The van der Waals surface area contributed by atoms with Crippen LogP contribution in [0, 0.1) is 35.5 Å². The van der Waals surface area contributed by atoms with Crippen molar-refractivity contribution < 1.29 is 53.3 Å². The van der Waals surface area contributed by atoms with Crippen LogP contribution < -0.4 is 5.73 Å². The number of aliphatic hydroxyl groups is 3. The molecule has 5 aliphatic rings. The van der Waals surface area contributed by atoms with Crippen molar-refractivity contribution >= 4 is 12.0 Å². The molecule has 0 unspecified atom stereocenters. The van der Waals surface area contributed by atoms with Crippen LogP contribution in [0.4, 0.5) is 4.79 Å². The van der Waals surface area contributed by atoms with Gasteiger partial charge < -0.3 is 49.5 Å². The number of ether oxygens (including phenoxy) is 6. The van der Waals surface area contributed by atoms with Crippen LogP contribution in [0.5, 0.6) is 0 Å². The molecule has 64 heavy (non-hydrogen) atoms. The minimum absolute atomic E-state index is 0.00587. The molecule has 7 heterocycles. The molecular weight excluding hydrogens is 823 g/mol. The molecule has 2 aromatic rings. The predicted octanol–water partition coefficient (Wildman–Crippen LogP) is 6.01. The van der Waals surface area contributed by atoms with Gasteiger partial charge in [0.15, 0.2) is 11.9 Å². The molecule has 0 amide bonds. The normalized spacial score (nSPS) is 40.7. The van der Waals surface area contributed by atoms with Gasteiger partial charge in [0.2, 0.25) is 11.7 Å². The standard InChI is InChI=1S/C48H75N5O11/c1-10-33(43(56)52-23-21-50-26-52)35-14-13-28(4)42(60-35)38(49)40(55)31(7)39(54)34(11-2)41-29(5)25-30(6)47(62-41)18-16-37(61-44(57)53-24-22-51-27-53)48(64-47)20-19-45(9,63-48)36-15-17-46(58,12-3)32(8)59-36/h16,18,21-24,26-42,54-55,58H,10-15,17,19-20,25,49H2,1-9H3/t28-,29-,30+,31+,32-,33+,34-,35+,36+,37+,38-,39+,40+,41-,42+,45-,46+,47-,48-/m0/s1. The highest BCUT2D eigenvalue weighted by Gasteiger charge is 2.64. The van der Waals surface area contributed by atoms with Crippen molar-refractivity contribution in [1.29, 1.82) is 0 Å². The molecule has 5 aliphatic heterocycles. The smallest absolute Gasteiger partial charge is 0.420 e. The topological polar surface area (TPSA) is 212 Å². The Hall–Kier alpha value is -3.06. The molecule has 5 N–H and O–H groups in total. The van der Waals surface area contributed by atoms with Crippen LogP contribution >= 0.6 is 0 Å². The Bertz CT molecular complexity index is 1900. The number of carbonyl (C=O) groups is 2. The number of hydrogen-bond acceptors (Lipinski definition) is 14. The van der Waals surface area contributed by atoms with Crippen molar-refractivity contribution in [2.75, 3.05) is 0 Å². The summed E-state index contributed by atoms with van der Waals surface area (Å²) in [5, 5.41) is 35.5. The Balaban J connectivity index is 1.10. The van der Waals surface area contributed by atoms with Crippen LogP contribution in [0.3, 0.4) is 0 Å². The fraction of sp³-hybridized carbons (Fsp3) is 0.792. The first-order chi connectivity index (χ1) is 30.3. The third-order valence-electron chi connectivity index (χ3n) is 16.1. The number of aliphatic hydroxyl groups excluding tert-OH is 2. The second-order valence-electron chi connectivity index (χ2n) is 20.1. The maximum absolute atomic E-state index is 13.5. The highest BCUT2D eigenvalue weighted by molar-refractivity contribution is 5.81. The molecule has 4 fully saturated rings. The van der Waals surface area contributed by atoms with E-state index < -0.39 is 89.3 Å². The van der Waals surface area contributed by atoms with E-state index in [1.807, 2.05) is 47.6 Å². The summed E-state index contributed by atoms with van der Waals surface area (Å²) >= 11 is 0. The minimum atomic E-state index is -1.46. The van der Waals surface area contributed by atoms with Crippen molar-refractivity contribution in [3.8, 4) is 0 Å². The molecular formula is C48H75N5O11. The van der Waals surface area contributed by atoms with Crippen molar-refractivity contribution in [3.63, 3.8) is 0 Å². The second kappa shape index (κ2) is 19.3. The van der Waals surface area contributed by atoms with E-state index in [0.29, 0.717) is 57.8 Å². The first kappa shape index (κ1) is 48.9. The van der Waals surface area contributed by atoms with Crippen molar-refractivity contribution in [1.82, 2.24) is 19.1 Å². The lowest BCUT2D eigenvalue weighted by Crippen LogP contribution is -2.64. The van der Waals surface area contributed by atoms with E-state index >= 15 is 0 Å². The molecule has 2 aromatic heterocycles. The van der Waals surface area contributed by atoms with Crippen LogP contribution in [-0.2, 0) is 28.4 Å². The molecule has 0 aliphatic carbocycles. The SMILES string of the molecule is CC[C@@H]([C@H](O)[C@@H](C)[C@@H](O)[C@H](N)[C@@H]1O[C@@H]([C@@H](CC)C(=O)n2ccnc2)CC[C@@H]1C)[C@H]1O[C@]2(C=C[C@@H](OC(=O)n3ccnc3)[C@]3(CC[C@@](C)([C@H]4CC[C@](O)(CC)[C@H](C)O4)O3)O2)[C@H](C)C[C@@H]1C. The van der Waals surface area contributed by atoms with E-state index in [1.54, 1.807) is 18.5 Å². The molecule has 0 saturated carbocycles. The van der Waals surface area contributed by atoms with E-state index in [0.717, 1.165) is 6.42 Å². The van der Waals surface area contributed by atoms with Crippen LogP contribution in [0.15, 0.2) is 49.6 Å². The van der Waals surface area contributed by atoms with Gasteiger partial charge in [-0.2, -0.15) is 0 Å². The lowest BCUT2D eigenvalue weighted by atomic mass is 9.72. The summed E-state index contributed by atoms with van der Waals surface area (Å²) in [6.45, 7) is 17.9. The molecule has 7 rings (SSSR count). The molecule has 0 aromatic carbocycles. The predicted molar refractivity (Wildman–Crippen MR) is 236 cm³/mol. The van der Waals surface area contributed by atoms with E-state index in [2.05, 4.69) is 30.7 Å². The van der Waals surface area contributed by atoms with Gasteiger partial charge in [0, 0.05) is 49.0 Å². The Morgan fingerprint density at radius 3 is 2.22 bits per heavy atom. The molecule has 358 valence electrons. The fourth-order valence-electron chi connectivity index (χ4n) is 11.6. The van der Waals surface area contributed by atoms with Gasteiger partial charge >= 0.3 is 6.09 Å². The molecule has 16 nitrogen and oxygen atoms in total. The quantitative estimate of drug-likeness (QED) is 0.170. The van der Waals surface area contributed by atoms with Crippen LogP contribution in [0.1, 0.15) is 131 Å². The number of nitrogens with zero attached hydrogens (tertiary/aromatic N) is 4. The summed E-state index contributed by atoms with van der Waals surface area (Å²) in [6, 6.07) is -0.830. The van der Waals surface area contributed by atoms with E-state index in [1.165, 1.54) is 34.2 Å². The molecule has 16 heteroatoms. The van der Waals surface area contributed by atoms with Gasteiger partial charge in [0.25, 0.3) is 0 Å². The molecule has 4 saturated heterocycles. The number of aromatic nitrogens is 4. The Morgan fingerprint density at radius 1 is 0.891 bits per heavy atom. The summed E-state index contributed by atoms with van der Waals surface area (Å²) in [4.78, 5) is 34.9. The Kier molecular flexibility index (Phi) is 14.7. The maximum Gasteiger partial charge on any atom is 0.420 e. The number of imidazole rings is 2. The Labute approximate surface area is 378 Å². The van der Waals surface area contributed by atoms with Crippen molar-refractivity contribution in [3.05, 3.63) is 49.6 Å². The monoisotopic (exact) mass is 898 g/mol. The van der Waals surface area contributed by atoms with Gasteiger partial charge in [-0.05, 0) is 95.6 Å². The van der Waals surface area contributed by atoms with Crippen LogP contribution in [0.25, 0.3) is 0 Å². The summed E-state index contributed by atoms with van der Waals surface area (Å²) in [5.41, 5.74) is 5.12. The van der Waals surface area contributed by atoms with Crippen LogP contribution in [0.2, 0.25) is 0 Å². The fourth-order valence-corrected chi connectivity index (χ4v) is 11.6. The average molecular weight is 898 g/mol. The zero-order chi connectivity index (χ0) is 46.4. The molecule has 19 atom stereocenters. The number of hydrogen-bond donors (Lipinski definition) is 4. The summed E-state index contributed by atoms with van der Waals surface area (Å²) < 4.78 is 43.5. The second-order valence-corrected chi connectivity index (χ2v) is 20.1. The summed E-state index contributed by atoms with van der Waals surface area (Å²) in [6.07, 6.45) is 12.7. The van der Waals surface area contributed by atoms with E-state index in [-0.39, 0.29) is 35.9 Å². The maximum atomic E-state index is 13.5.